The lowest BCUT2D eigenvalue weighted by atomic mass is 9.98. The predicted molar refractivity (Wildman–Crippen MR) is 102 cm³/mol. The summed E-state index contributed by atoms with van der Waals surface area (Å²) in [6.45, 7) is 4.86. The van der Waals surface area contributed by atoms with Crippen LogP contribution in [0, 0.1) is 5.92 Å². The van der Waals surface area contributed by atoms with Crippen molar-refractivity contribution < 1.29 is 28.5 Å². The molecule has 154 valence electrons. The molecule has 2 aliphatic rings. The highest BCUT2D eigenvalue weighted by Gasteiger charge is 2.27. The van der Waals surface area contributed by atoms with Gasteiger partial charge >= 0.3 is 12.1 Å². The molecule has 1 aromatic carbocycles. The number of carbonyl (C=O) groups is 2. The molecule has 0 saturated carbocycles. The van der Waals surface area contributed by atoms with E-state index in [9.17, 15) is 9.59 Å². The van der Waals surface area contributed by atoms with Crippen LogP contribution in [0.4, 0.5) is 4.79 Å². The lowest BCUT2D eigenvalue weighted by Gasteiger charge is -2.33. The van der Waals surface area contributed by atoms with E-state index >= 15 is 0 Å². The number of esters is 1. The Morgan fingerprint density at radius 1 is 1.18 bits per heavy atom. The van der Waals surface area contributed by atoms with Crippen molar-refractivity contribution in [3.8, 4) is 11.5 Å². The highest BCUT2D eigenvalue weighted by atomic mass is 16.6. The number of benzene rings is 1. The Bertz CT molecular complexity index is 687. The number of hydrogen-bond donors (Lipinski definition) is 0. The van der Waals surface area contributed by atoms with Crippen molar-refractivity contribution in [2.75, 3.05) is 60.2 Å². The van der Waals surface area contributed by atoms with E-state index in [4.69, 9.17) is 18.9 Å². The summed E-state index contributed by atoms with van der Waals surface area (Å²) in [6.07, 6.45) is 0.943. The highest BCUT2D eigenvalue weighted by Crippen LogP contribution is 2.30. The third-order valence-corrected chi connectivity index (χ3v) is 5.19. The number of piperazine rings is 1. The second kappa shape index (κ2) is 9.75. The molecule has 0 radical (unpaired) electrons. The van der Waals surface area contributed by atoms with E-state index in [1.54, 1.807) is 18.1 Å². The first kappa shape index (κ1) is 20.4. The van der Waals surface area contributed by atoms with Crippen LogP contribution < -0.4 is 9.47 Å². The van der Waals surface area contributed by atoms with E-state index in [-0.39, 0.29) is 18.0 Å². The third-order valence-electron chi connectivity index (χ3n) is 5.19. The summed E-state index contributed by atoms with van der Waals surface area (Å²) in [7, 11) is 3.22. The molecular formula is C20H28N2O6. The first-order valence-corrected chi connectivity index (χ1v) is 9.62. The van der Waals surface area contributed by atoms with Crippen LogP contribution in [0.1, 0.15) is 12.0 Å². The summed E-state index contributed by atoms with van der Waals surface area (Å²) in [6, 6.07) is 5.40. The van der Waals surface area contributed by atoms with Gasteiger partial charge in [-0.3, -0.25) is 9.69 Å². The summed E-state index contributed by atoms with van der Waals surface area (Å²) < 4.78 is 21.1. The average Bonchev–Trinajstić information content (AvgIpc) is 3.12. The molecule has 3 rings (SSSR count). The van der Waals surface area contributed by atoms with Crippen LogP contribution in [0.15, 0.2) is 18.2 Å². The zero-order chi connectivity index (χ0) is 19.9. The van der Waals surface area contributed by atoms with Gasteiger partial charge in [-0.05, 0) is 30.5 Å². The summed E-state index contributed by atoms with van der Waals surface area (Å²) >= 11 is 0. The molecule has 0 N–H and O–H groups in total. The van der Waals surface area contributed by atoms with Gasteiger partial charge in [-0.25, -0.2) is 4.79 Å². The maximum Gasteiger partial charge on any atom is 0.415 e. The molecule has 1 atom stereocenters. The normalized spacial score (nSPS) is 20.1. The summed E-state index contributed by atoms with van der Waals surface area (Å²) in [5.41, 5.74) is 0.951. The molecule has 1 amide bonds. The van der Waals surface area contributed by atoms with E-state index in [1.807, 2.05) is 12.1 Å². The molecule has 2 aliphatic heterocycles. The first-order valence-electron chi connectivity index (χ1n) is 9.62. The van der Waals surface area contributed by atoms with Gasteiger partial charge in [-0.15, -0.1) is 0 Å². The maximum absolute atomic E-state index is 12.5. The van der Waals surface area contributed by atoms with E-state index in [0.717, 1.165) is 31.6 Å². The zero-order valence-electron chi connectivity index (χ0n) is 16.5. The van der Waals surface area contributed by atoms with Crippen LogP contribution in [-0.4, -0.2) is 82.0 Å². The smallest absolute Gasteiger partial charge is 0.415 e. The van der Waals surface area contributed by atoms with Crippen molar-refractivity contribution in [1.29, 1.82) is 0 Å². The minimum absolute atomic E-state index is 0.118. The van der Waals surface area contributed by atoms with Crippen LogP contribution in [-0.2, 0) is 20.7 Å². The average molecular weight is 392 g/mol. The van der Waals surface area contributed by atoms with Gasteiger partial charge in [0.15, 0.2) is 11.5 Å². The van der Waals surface area contributed by atoms with Gasteiger partial charge in [-0.2, -0.15) is 0 Å². The molecule has 28 heavy (non-hydrogen) atoms. The first-order chi connectivity index (χ1) is 13.6. The molecule has 0 bridgehead atoms. The fraction of sp³-hybridized carbons (Fsp3) is 0.600. The minimum Gasteiger partial charge on any atom is -0.493 e. The van der Waals surface area contributed by atoms with Gasteiger partial charge in [0.05, 0.1) is 26.2 Å². The van der Waals surface area contributed by atoms with Crippen molar-refractivity contribution in [3.05, 3.63) is 23.8 Å². The molecule has 0 aliphatic carbocycles. The van der Waals surface area contributed by atoms with Gasteiger partial charge in [-0.1, -0.05) is 6.07 Å². The Hall–Kier alpha value is -2.32. The molecule has 2 heterocycles. The lowest BCUT2D eigenvalue weighted by molar-refractivity contribution is -0.141. The third kappa shape index (κ3) is 5.14. The summed E-state index contributed by atoms with van der Waals surface area (Å²) in [4.78, 5) is 28.1. The van der Waals surface area contributed by atoms with E-state index in [0.29, 0.717) is 44.2 Å². The number of cyclic esters (lactones) is 1. The van der Waals surface area contributed by atoms with Crippen molar-refractivity contribution in [2.45, 2.75) is 12.8 Å². The van der Waals surface area contributed by atoms with Crippen LogP contribution in [0.3, 0.4) is 0 Å². The molecule has 2 saturated heterocycles. The highest BCUT2D eigenvalue weighted by molar-refractivity contribution is 5.74. The number of methoxy groups -OCH3 is 2. The van der Waals surface area contributed by atoms with Crippen molar-refractivity contribution >= 4 is 12.1 Å². The number of rotatable bonds is 7. The van der Waals surface area contributed by atoms with E-state index in [1.165, 1.54) is 7.11 Å². The Kier molecular flexibility index (Phi) is 7.11. The predicted octanol–water partition coefficient (Wildman–Crippen LogP) is 1.56. The second-order valence-electron chi connectivity index (χ2n) is 7.03. The van der Waals surface area contributed by atoms with E-state index in [2.05, 4.69) is 4.90 Å². The van der Waals surface area contributed by atoms with Gasteiger partial charge in [0.2, 0.25) is 0 Å². The van der Waals surface area contributed by atoms with Crippen molar-refractivity contribution in [1.82, 2.24) is 9.80 Å². The molecule has 0 aromatic heterocycles. The van der Waals surface area contributed by atoms with Gasteiger partial charge < -0.3 is 23.8 Å². The van der Waals surface area contributed by atoms with Gasteiger partial charge in [0.1, 0.15) is 0 Å². The van der Waals surface area contributed by atoms with E-state index < -0.39 is 0 Å². The minimum atomic E-state index is -0.378. The van der Waals surface area contributed by atoms with Gasteiger partial charge in [0.25, 0.3) is 0 Å². The Labute approximate surface area is 165 Å². The fourth-order valence-electron chi connectivity index (χ4n) is 3.46. The SMILES string of the molecule is COCCN1CCN(C(=O)Oc2ccc(CC3CCOC3=O)cc2OC)CC1. The number of hydrogen-bond acceptors (Lipinski definition) is 7. The maximum atomic E-state index is 12.5. The van der Waals surface area contributed by atoms with Crippen LogP contribution in [0.25, 0.3) is 0 Å². The standard InChI is InChI=1S/C20H28N2O6/c1-25-12-10-21-6-8-22(9-7-21)20(24)28-17-4-3-15(14-18(17)26-2)13-16-5-11-27-19(16)23/h3-4,14,16H,5-13H2,1-2H3. The molecule has 8 nitrogen and oxygen atoms in total. The molecular weight excluding hydrogens is 364 g/mol. The molecule has 1 aromatic rings. The largest absolute Gasteiger partial charge is 0.493 e. The number of amides is 1. The van der Waals surface area contributed by atoms with Gasteiger partial charge in [0, 0.05) is 39.8 Å². The van der Waals surface area contributed by atoms with Crippen LogP contribution >= 0.6 is 0 Å². The number of nitrogens with zero attached hydrogens (tertiary/aromatic N) is 2. The fourth-order valence-corrected chi connectivity index (χ4v) is 3.46. The zero-order valence-corrected chi connectivity index (χ0v) is 16.5. The Morgan fingerprint density at radius 2 is 1.96 bits per heavy atom. The lowest BCUT2D eigenvalue weighted by Crippen LogP contribution is -2.50. The molecule has 1 unspecified atom stereocenters. The van der Waals surface area contributed by atoms with Crippen LogP contribution in [0.5, 0.6) is 11.5 Å². The summed E-state index contributed by atoms with van der Waals surface area (Å²) in [5.74, 6) is 0.592. The molecule has 2 fully saturated rings. The summed E-state index contributed by atoms with van der Waals surface area (Å²) in [5, 5.41) is 0. The molecule has 0 spiro atoms. The van der Waals surface area contributed by atoms with Crippen molar-refractivity contribution in [2.24, 2.45) is 5.92 Å². The monoisotopic (exact) mass is 392 g/mol. The quantitative estimate of drug-likeness (QED) is 0.652. The number of ether oxygens (including phenoxy) is 4. The second-order valence-corrected chi connectivity index (χ2v) is 7.03. The Morgan fingerprint density at radius 3 is 2.61 bits per heavy atom. The molecule has 8 heteroatoms. The topological polar surface area (TPSA) is 77.5 Å². The Balaban J connectivity index is 1.56. The number of carbonyl (C=O) groups excluding carboxylic acids is 2. The van der Waals surface area contributed by atoms with Crippen molar-refractivity contribution in [3.63, 3.8) is 0 Å². The van der Waals surface area contributed by atoms with Crippen LogP contribution in [0.2, 0.25) is 0 Å².